The van der Waals surface area contributed by atoms with E-state index in [1.807, 2.05) is 36.7 Å². The van der Waals surface area contributed by atoms with E-state index in [4.69, 9.17) is 4.18 Å². The fraction of sp³-hybridized carbons (Fsp3) is 0.111. The lowest BCUT2D eigenvalue weighted by atomic mass is 10.2. The van der Waals surface area contributed by atoms with Gasteiger partial charge >= 0.3 is 0 Å². The summed E-state index contributed by atoms with van der Waals surface area (Å²) in [5.74, 6) is 0.887. The van der Waals surface area contributed by atoms with Gasteiger partial charge in [-0.15, -0.1) is 0 Å². The van der Waals surface area contributed by atoms with Crippen molar-refractivity contribution in [1.29, 1.82) is 0 Å². The number of aromatic nitrogens is 1. The van der Waals surface area contributed by atoms with Crippen LogP contribution in [0.3, 0.4) is 0 Å². The molecular weight excluding hydrogens is 170 g/mol. The Labute approximate surface area is 75.1 Å². The maximum absolute atomic E-state index is 5.28. The summed E-state index contributed by atoms with van der Waals surface area (Å²) in [5, 5.41) is 1.21. The summed E-state index contributed by atoms with van der Waals surface area (Å²) < 4.78 is 5.28. The van der Waals surface area contributed by atoms with Crippen LogP contribution < -0.4 is 4.18 Å². The van der Waals surface area contributed by atoms with E-state index in [1.165, 1.54) is 17.4 Å². The number of hydrogen-bond donors (Lipinski definition) is 1. The van der Waals surface area contributed by atoms with Crippen LogP contribution in [-0.4, -0.2) is 11.2 Å². The van der Waals surface area contributed by atoms with Gasteiger partial charge in [0.2, 0.25) is 0 Å². The zero-order valence-corrected chi connectivity index (χ0v) is 7.52. The van der Waals surface area contributed by atoms with Crippen molar-refractivity contribution < 1.29 is 4.18 Å². The van der Waals surface area contributed by atoms with Crippen LogP contribution in [0, 0.1) is 0 Å². The summed E-state index contributed by atoms with van der Waals surface area (Å²) in [6.45, 7) is 0. The van der Waals surface area contributed by atoms with Gasteiger partial charge < -0.3 is 9.17 Å². The number of fused-ring (bicyclic) bond motifs is 1. The number of hydrogen-bond acceptors (Lipinski definition) is 2. The van der Waals surface area contributed by atoms with E-state index >= 15 is 0 Å². The molecule has 0 amide bonds. The Kier molecular flexibility index (Phi) is 1.96. The highest BCUT2D eigenvalue weighted by atomic mass is 32.2. The Morgan fingerprint density at radius 2 is 2.25 bits per heavy atom. The normalized spacial score (nSPS) is 10.4. The van der Waals surface area contributed by atoms with Crippen molar-refractivity contribution >= 4 is 22.9 Å². The molecule has 62 valence electrons. The molecule has 1 heterocycles. The first kappa shape index (κ1) is 7.55. The monoisotopic (exact) mass is 179 g/mol. The van der Waals surface area contributed by atoms with Gasteiger partial charge in [-0.2, -0.15) is 0 Å². The standard InChI is InChI=1S/C9H9NOS/c1-12-11-8-3-2-7-4-5-10-9(7)6-8/h2-6,10H,1H3. The Bertz CT molecular complexity index is 383. The molecule has 2 nitrogen and oxygen atoms in total. The van der Waals surface area contributed by atoms with Gasteiger partial charge in [-0.1, -0.05) is 0 Å². The van der Waals surface area contributed by atoms with Crippen LogP contribution in [0.5, 0.6) is 5.75 Å². The molecule has 0 spiro atoms. The molecule has 1 aromatic heterocycles. The molecule has 1 N–H and O–H groups in total. The Balaban J connectivity index is 2.46. The summed E-state index contributed by atoms with van der Waals surface area (Å²) in [6.07, 6.45) is 3.83. The quantitative estimate of drug-likeness (QED) is 0.717. The van der Waals surface area contributed by atoms with Crippen LogP contribution in [0.15, 0.2) is 30.5 Å². The van der Waals surface area contributed by atoms with Gasteiger partial charge in [0.15, 0.2) is 0 Å². The SMILES string of the molecule is CSOc1ccc2cc[nH]c2c1. The van der Waals surface area contributed by atoms with E-state index in [0.717, 1.165) is 11.3 Å². The van der Waals surface area contributed by atoms with Crippen LogP contribution in [0.2, 0.25) is 0 Å². The first-order valence-corrected chi connectivity index (χ1v) is 4.83. The fourth-order valence-corrected chi connectivity index (χ4v) is 1.47. The molecule has 0 aliphatic carbocycles. The molecule has 0 saturated heterocycles. The van der Waals surface area contributed by atoms with Gasteiger partial charge in [0.05, 0.1) is 12.0 Å². The number of rotatable bonds is 2. The average molecular weight is 179 g/mol. The predicted molar refractivity (Wildman–Crippen MR) is 52.4 cm³/mol. The van der Waals surface area contributed by atoms with Crippen molar-refractivity contribution in [3.8, 4) is 5.75 Å². The van der Waals surface area contributed by atoms with Crippen LogP contribution in [0.1, 0.15) is 0 Å². The summed E-state index contributed by atoms with van der Waals surface area (Å²) >= 11 is 1.35. The highest BCUT2D eigenvalue weighted by Gasteiger charge is 1.96. The summed E-state index contributed by atoms with van der Waals surface area (Å²) in [4.78, 5) is 3.13. The third kappa shape index (κ3) is 1.28. The van der Waals surface area contributed by atoms with E-state index < -0.39 is 0 Å². The lowest BCUT2D eigenvalue weighted by Gasteiger charge is -1.99. The molecule has 0 aliphatic rings. The van der Waals surface area contributed by atoms with Gasteiger partial charge in [0.25, 0.3) is 0 Å². The molecule has 2 aromatic rings. The summed E-state index contributed by atoms with van der Waals surface area (Å²) in [6, 6.07) is 8.04. The molecule has 0 radical (unpaired) electrons. The average Bonchev–Trinajstić information content (AvgIpc) is 2.51. The van der Waals surface area contributed by atoms with Crippen LogP contribution in [0.25, 0.3) is 10.9 Å². The minimum Gasteiger partial charge on any atom is -0.426 e. The highest BCUT2D eigenvalue weighted by Crippen LogP contribution is 2.21. The second-order valence-electron chi connectivity index (χ2n) is 2.48. The van der Waals surface area contributed by atoms with E-state index in [2.05, 4.69) is 4.98 Å². The zero-order valence-electron chi connectivity index (χ0n) is 6.70. The van der Waals surface area contributed by atoms with Gasteiger partial charge in [-0.3, -0.25) is 0 Å². The Hall–Kier alpha value is -1.09. The largest absolute Gasteiger partial charge is 0.426 e. The molecule has 2 rings (SSSR count). The fourth-order valence-electron chi connectivity index (χ4n) is 1.18. The maximum atomic E-state index is 5.28. The molecule has 0 saturated carbocycles. The summed E-state index contributed by atoms with van der Waals surface area (Å²) in [7, 11) is 0. The molecule has 12 heavy (non-hydrogen) atoms. The molecule has 3 heteroatoms. The predicted octanol–water partition coefficient (Wildman–Crippen LogP) is 2.82. The van der Waals surface area contributed by atoms with Crippen molar-refractivity contribution in [2.75, 3.05) is 6.26 Å². The third-order valence-corrected chi connectivity index (χ3v) is 2.07. The van der Waals surface area contributed by atoms with Crippen molar-refractivity contribution in [3.63, 3.8) is 0 Å². The van der Waals surface area contributed by atoms with Gasteiger partial charge in [0.1, 0.15) is 5.75 Å². The molecule has 0 fully saturated rings. The van der Waals surface area contributed by atoms with E-state index in [-0.39, 0.29) is 0 Å². The second-order valence-corrected chi connectivity index (χ2v) is 2.98. The molecule has 0 atom stereocenters. The number of H-pyrrole nitrogens is 1. The topological polar surface area (TPSA) is 25.0 Å². The number of benzene rings is 1. The lowest BCUT2D eigenvalue weighted by Crippen LogP contribution is -1.78. The molecule has 0 unspecified atom stereocenters. The minimum atomic E-state index is 0.887. The molecule has 1 aromatic carbocycles. The van der Waals surface area contributed by atoms with Crippen molar-refractivity contribution in [3.05, 3.63) is 30.5 Å². The minimum absolute atomic E-state index is 0.887. The van der Waals surface area contributed by atoms with Crippen molar-refractivity contribution in [2.45, 2.75) is 0 Å². The number of nitrogens with one attached hydrogen (secondary N) is 1. The number of aromatic amines is 1. The Morgan fingerprint density at radius 1 is 1.33 bits per heavy atom. The molecule has 0 bridgehead atoms. The second kappa shape index (κ2) is 3.11. The first-order valence-electron chi connectivity index (χ1n) is 3.68. The Morgan fingerprint density at radius 3 is 3.08 bits per heavy atom. The third-order valence-electron chi connectivity index (χ3n) is 1.71. The summed E-state index contributed by atoms with van der Waals surface area (Å²) in [5.41, 5.74) is 1.11. The smallest absolute Gasteiger partial charge is 0.139 e. The van der Waals surface area contributed by atoms with Crippen LogP contribution in [0.4, 0.5) is 0 Å². The highest BCUT2D eigenvalue weighted by molar-refractivity contribution is 7.94. The van der Waals surface area contributed by atoms with Crippen molar-refractivity contribution in [1.82, 2.24) is 4.98 Å². The van der Waals surface area contributed by atoms with Gasteiger partial charge in [0, 0.05) is 24.0 Å². The lowest BCUT2D eigenvalue weighted by molar-refractivity contribution is 0.651. The van der Waals surface area contributed by atoms with Crippen LogP contribution >= 0.6 is 12.0 Å². The van der Waals surface area contributed by atoms with Crippen LogP contribution in [-0.2, 0) is 0 Å². The molecule has 0 aliphatic heterocycles. The van der Waals surface area contributed by atoms with Gasteiger partial charge in [-0.05, 0) is 23.6 Å². The van der Waals surface area contributed by atoms with E-state index in [0.29, 0.717) is 0 Å². The first-order chi connectivity index (χ1) is 5.90. The maximum Gasteiger partial charge on any atom is 0.139 e. The van der Waals surface area contributed by atoms with Crippen molar-refractivity contribution in [2.24, 2.45) is 0 Å². The zero-order chi connectivity index (χ0) is 8.39. The van der Waals surface area contributed by atoms with E-state index in [9.17, 15) is 0 Å². The molecular formula is C9H9NOS. The van der Waals surface area contributed by atoms with Gasteiger partial charge in [-0.25, -0.2) is 0 Å². The van der Waals surface area contributed by atoms with E-state index in [1.54, 1.807) is 0 Å².